The number of hydrogen-bond acceptors (Lipinski definition) is 6. The van der Waals surface area contributed by atoms with Gasteiger partial charge in [0.25, 0.3) is 0 Å². The summed E-state index contributed by atoms with van der Waals surface area (Å²) in [5.74, 6) is 1.78. The summed E-state index contributed by atoms with van der Waals surface area (Å²) in [6.07, 6.45) is 6.66. The molecule has 2 aliphatic rings. The van der Waals surface area contributed by atoms with Gasteiger partial charge in [0.1, 0.15) is 11.6 Å². The zero-order valence-electron chi connectivity index (χ0n) is 19.2. The summed E-state index contributed by atoms with van der Waals surface area (Å²) in [5, 5.41) is 22.4. The number of aliphatic hydroxyl groups is 1. The smallest absolute Gasteiger partial charge is 0.326 e. The Kier molecular flexibility index (Phi) is 5.34. The number of H-pyrrole nitrogens is 1. The first-order valence-electron chi connectivity index (χ1n) is 12.2. The van der Waals surface area contributed by atoms with Crippen molar-refractivity contribution < 1.29 is 5.11 Å². The van der Waals surface area contributed by atoms with Gasteiger partial charge >= 0.3 is 5.69 Å². The first kappa shape index (κ1) is 21.6. The molecular weight excluding hydrogens is 440 g/mol. The van der Waals surface area contributed by atoms with Gasteiger partial charge in [-0.05, 0) is 86.4 Å². The first-order valence-corrected chi connectivity index (χ1v) is 12.2. The number of aliphatic hydroxyl groups excluding tert-OH is 1. The summed E-state index contributed by atoms with van der Waals surface area (Å²) in [6.45, 7) is 0. The van der Waals surface area contributed by atoms with E-state index in [-0.39, 0.29) is 17.8 Å². The number of aromatic nitrogens is 4. The molecule has 4 aromatic rings. The van der Waals surface area contributed by atoms with Crippen LogP contribution in [0, 0.1) is 11.3 Å². The average Bonchev–Trinajstić information content (AvgIpc) is 3.67. The van der Waals surface area contributed by atoms with Crippen molar-refractivity contribution in [2.24, 2.45) is 0 Å². The van der Waals surface area contributed by atoms with Gasteiger partial charge in [-0.2, -0.15) is 5.26 Å². The normalized spacial score (nSPS) is 20.0. The van der Waals surface area contributed by atoms with E-state index < -0.39 is 0 Å². The van der Waals surface area contributed by atoms with E-state index in [9.17, 15) is 15.2 Å². The van der Waals surface area contributed by atoms with Crippen LogP contribution in [-0.2, 0) is 0 Å². The van der Waals surface area contributed by atoms with Crippen molar-refractivity contribution in [1.29, 1.82) is 5.26 Å². The Morgan fingerprint density at radius 1 is 1.03 bits per heavy atom. The third kappa shape index (κ3) is 4.31. The van der Waals surface area contributed by atoms with Crippen LogP contribution in [0.5, 0.6) is 0 Å². The van der Waals surface area contributed by atoms with Crippen LogP contribution < -0.4 is 11.0 Å². The third-order valence-corrected chi connectivity index (χ3v) is 7.09. The zero-order valence-corrected chi connectivity index (χ0v) is 19.2. The highest BCUT2D eigenvalue weighted by molar-refractivity contribution is 5.82. The van der Waals surface area contributed by atoms with Gasteiger partial charge in [-0.25, -0.2) is 14.8 Å². The lowest BCUT2D eigenvalue weighted by molar-refractivity contribution is 0.111. The molecule has 3 N–H and O–H groups in total. The fourth-order valence-corrected chi connectivity index (χ4v) is 5.08. The molecule has 3 heterocycles. The Bertz CT molecular complexity index is 1500. The van der Waals surface area contributed by atoms with Gasteiger partial charge in [-0.15, -0.1) is 0 Å². The Hall–Kier alpha value is -3.96. The molecule has 0 amide bonds. The van der Waals surface area contributed by atoms with Crippen molar-refractivity contribution in [3.63, 3.8) is 0 Å². The molecule has 0 radical (unpaired) electrons. The minimum absolute atomic E-state index is 0.0800. The minimum Gasteiger partial charge on any atom is -0.393 e. The topological polar surface area (TPSA) is 120 Å². The maximum atomic E-state index is 12.8. The number of anilines is 2. The lowest BCUT2D eigenvalue weighted by atomic mass is 9.93. The van der Waals surface area contributed by atoms with Gasteiger partial charge in [-0.3, -0.25) is 4.57 Å². The number of nitriles is 1. The van der Waals surface area contributed by atoms with Gasteiger partial charge in [0.15, 0.2) is 0 Å². The summed E-state index contributed by atoms with van der Waals surface area (Å²) in [6, 6.07) is 15.8. The number of nitrogens with zero attached hydrogens (tertiary/aromatic N) is 4. The molecular formula is C27H26N6O2. The molecule has 2 aliphatic carbocycles. The van der Waals surface area contributed by atoms with Crippen LogP contribution >= 0.6 is 0 Å². The second kappa shape index (κ2) is 8.67. The molecule has 6 rings (SSSR count). The number of pyridine rings is 2. The number of imidazole rings is 1. The summed E-state index contributed by atoms with van der Waals surface area (Å²) >= 11 is 0. The lowest BCUT2D eigenvalue weighted by Crippen LogP contribution is -2.27. The van der Waals surface area contributed by atoms with Crippen LogP contribution in [-0.4, -0.2) is 30.7 Å². The maximum Gasteiger partial charge on any atom is 0.326 e. The van der Waals surface area contributed by atoms with Crippen molar-refractivity contribution in [3.05, 3.63) is 70.3 Å². The van der Waals surface area contributed by atoms with Crippen LogP contribution in [0.25, 0.3) is 22.3 Å². The molecule has 0 bridgehead atoms. The monoisotopic (exact) mass is 466 g/mol. The molecule has 35 heavy (non-hydrogen) atoms. The van der Waals surface area contributed by atoms with E-state index in [1.54, 1.807) is 18.3 Å². The fraction of sp³-hybridized carbons (Fsp3) is 0.333. The first-order chi connectivity index (χ1) is 17.1. The van der Waals surface area contributed by atoms with Gasteiger partial charge < -0.3 is 15.4 Å². The van der Waals surface area contributed by atoms with Crippen molar-refractivity contribution in [2.75, 3.05) is 5.32 Å². The standard InChI is InChI=1S/C27H26N6O2/c28-15-16-9-10-29-25(11-16)32-26-14-19(17-1-2-17)12-23(30-26)18-3-8-22-24(13-18)33(27(35)31-22)20-4-6-21(34)7-5-20/h3,8-14,17,20-21,34H,1-2,4-7H2,(H,31,35)(H,29,30,32)/t20-,21-. The predicted octanol–water partition coefficient (Wildman–Crippen LogP) is 4.76. The molecule has 1 aromatic carbocycles. The number of nitrogens with one attached hydrogen (secondary N) is 2. The molecule has 8 nitrogen and oxygen atoms in total. The predicted molar refractivity (Wildman–Crippen MR) is 134 cm³/mol. The van der Waals surface area contributed by atoms with Gasteiger partial charge in [0.2, 0.25) is 0 Å². The second-order valence-corrected chi connectivity index (χ2v) is 9.61. The molecule has 3 aromatic heterocycles. The van der Waals surface area contributed by atoms with E-state index in [0.29, 0.717) is 36.0 Å². The van der Waals surface area contributed by atoms with E-state index in [2.05, 4.69) is 33.5 Å². The Labute approximate surface area is 202 Å². The van der Waals surface area contributed by atoms with Crippen LogP contribution in [0.4, 0.5) is 11.6 Å². The van der Waals surface area contributed by atoms with E-state index in [1.165, 1.54) is 5.56 Å². The number of rotatable bonds is 5. The molecule has 176 valence electrons. The molecule has 2 fully saturated rings. The zero-order chi connectivity index (χ0) is 23.9. The highest BCUT2D eigenvalue weighted by atomic mass is 16.3. The molecule has 0 saturated heterocycles. The summed E-state index contributed by atoms with van der Waals surface area (Å²) in [7, 11) is 0. The fourth-order valence-electron chi connectivity index (χ4n) is 5.08. The average molecular weight is 467 g/mol. The lowest BCUT2D eigenvalue weighted by Gasteiger charge is -2.26. The molecule has 0 unspecified atom stereocenters. The third-order valence-electron chi connectivity index (χ3n) is 7.09. The van der Waals surface area contributed by atoms with E-state index in [4.69, 9.17) is 4.98 Å². The van der Waals surface area contributed by atoms with Crippen LogP contribution in [0.2, 0.25) is 0 Å². The Morgan fingerprint density at radius 2 is 1.86 bits per heavy atom. The Balaban J connectivity index is 1.40. The van der Waals surface area contributed by atoms with Crippen LogP contribution in [0.3, 0.4) is 0 Å². The highest BCUT2D eigenvalue weighted by Gasteiger charge is 2.26. The van der Waals surface area contributed by atoms with E-state index >= 15 is 0 Å². The van der Waals surface area contributed by atoms with E-state index in [1.807, 2.05) is 22.8 Å². The number of aromatic amines is 1. The van der Waals surface area contributed by atoms with Crippen LogP contribution in [0.1, 0.15) is 61.6 Å². The molecule has 0 spiro atoms. The number of hydrogen-bond donors (Lipinski definition) is 3. The maximum absolute atomic E-state index is 12.8. The molecule has 0 aliphatic heterocycles. The highest BCUT2D eigenvalue weighted by Crippen LogP contribution is 2.42. The summed E-state index contributed by atoms with van der Waals surface area (Å²) < 4.78 is 1.85. The van der Waals surface area contributed by atoms with E-state index in [0.717, 1.165) is 48.0 Å². The summed E-state index contributed by atoms with van der Waals surface area (Å²) in [4.78, 5) is 25.0. The molecule has 2 saturated carbocycles. The van der Waals surface area contributed by atoms with Crippen molar-refractivity contribution in [3.8, 4) is 17.3 Å². The largest absolute Gasteiger partial charge is 0.393 e. The van der Waals surface area contributed by atoms with Crippen LogP contribution in [0.15, 0.2) is 53.5 Å². The number of fused-ring (bicyclic) bond motifs is 1. The van der Waals surface area contributed by atoms with Gasteiger partial charge in [0.05, 0.1) is 34.5 Å². The number of benzene rings is 1. The second-order valence-electron chi connectivity index (χ2n) is 9.61. The summed E-state index contributed by atoms with van der Waals surface area (Å²) in [5.41, 5.74) is 5.09. The van der Waals surface area contributed by atoms with Crippen molar-refractivity contribution >= 4 is 22.7 Å². The SMILES string of the molecule is N#Cc1ccnc(Nc2cc(C3CC3)cc(-c3ccc4[nH]c(=O)n([C@H]5CC[C@H](O)CC5)c4c3)n2)c1. The van der Waals surface area contributed by atoms with Crippen molar-refractivity contribution in [1.82, 2.24) is 19.5 Å². The quantitative estimate of drug-likeness (QED) is 0.390. The van der Waals surface area contributed by atoms with Crippen molar-refractivity contribution in [2.45, 2.75) is 56.6 Å². The van der Waals surface area contributed by atoms with Gasteiger partial charge in [-0.1, -0.05) is 6.07 Å². The molecule has 0 atom stereocenters. The van der Waals surface area contributed by atoms with Gasteiger partial charge in [0, 0.05) is 17.8 Å². The minimum atomic E-state index is -0.272. The molecule has 8 heteroatoms. The Morgan fingerprint density at radius 3 is 2.63 bits per heavy atom.